The van der Waals surface area contributed by atoms with Gasteiger partial charge in [-0.1, -0.05) is 23.7 Å². The SMILES string of the molecule is CN=C(NCC(c1cccc(Cl)c1)N1CCOCC1)NCC1(CCO)CCOC1. The molecule has 2 aliphatic heterocycles. The van der Waals surface area contributed by atoms with Gasteiger partial charge in [0.25, 0.3) is 0 Å². The predicted molar refractivity (Wildman–Crippen MR) is 116 cm³/mol. The second-order valence-electron chi connectivity index (χ2n) is 7.80. The average Bonchev–Trinajstić information content (AvgIpc) is 3.20. The van der Waals surface area contributed by atoms with Crippen molar-refractivity contribution in [2.75, 3.05) is 66.3 Å². The van der Waals surface area contributed by atoms with E-state index in [0.717, 1.165) is 63.3 Å². The quantitative estimate of drug-likeness (QED) is 0.435. The minimum Gasteiger partial charge on any atom is -0.396 e. The van der Waals surface area contributed by atoms with E-state index in [4.69, 9.17) is 21.1 Å². The Hall–Kier alpha value is -1.38. The predicted octanol–water partition coefficient (Wildman–Crippen LogP) is 1.67. The van der Waals surface area contributed by atoms with Crippen LogP contribution in [0.3, 0.4) is 0 Å². The van der Waals surface area contributed by atoms with Crippen LogP contribution in [0.4, 0.5) is 0 Å². The molecule has 0 amide bonds. The van der Waals surface area contributed by atoms with Crippen molar-refractivity contribution in [3.8, 4) is 0 Å². The maximum absolute atomic E-state index is 9.43. The monoisotopic (exact) mass is 424 g/mol. The smallest absolute Gasteiger partial charge is 0.191 e. The number of ether oxygens (including phenoxy) is 2. The molecule has 2 unspecified atom stereocenters. The van der Waals surface area contributed by atoms with Crippen molar-refractivity contribution in [3.05, 3.63) is 34.9 Å². The van der Waals surface area contributed by atoms with Crippen molar-refractivity contribution in [1.82, 2.24) is 15.5 Å². The number of aliphatic hydroxyl groups excluding tert-OH is 1. The number of benzene rings is 1. The van der Waals surface area contributed by atoms with E-state index in [1.165, 1.54) is 5.56 Å². The molecule has 0 saturated carbocycles. The number of morpholine rings is 1. The number of aliphatic imine (C=N–C) groups is 1. The molecule has 0 aromatic heterocycles. The standard InChI is InChI=1S/C21H33ClN4O3/c1-23-20(25-15-21(5-9-27)6-10-29-16-21)24-14-19(26-7-11-28-12-8-26)17-3-2-4-18(22)13-17/h2-4,13,19,27H,5-12,14-16H2,1H3,(H2,23,24,25). The first-order valence-electron chi connectivity index (χ1n) is 10.4. The van der Waals surface area contributed by atoms with Crippen LogP contribution < -0.4 is 10.6 Å². The number of halogens is 1. The Balaban J connectivity index is 1.62. The lowest BCUT2D eigenvalue weighted by molar-refractivity contribution is 0.0170. The number of guanidine groups is 1. The van der Waals surface area contributed by atoms with Crippen LogP contribution >= 0.6 is 11.6 Å². The summed E-state index contributed by atoms with van der Waals surface area (Å²) in [7, 11) is 1.78. The third-order valence-corrected chi connectivity index (χ3v) is 6.10. The van der Waals surface area contributed by atoms with Crippen LogP contribution in [0.1, 0.15) is 24.4 Å². The molecule has 0 bridgehead atoms. The largest absolute Gasteiger partial charge is 0.396 e. The summed E-state index contributed by atoms with van der Waals surface area (Å²) in [5, 5.41) is 17.1. The van der Waals surface area contributed by atoms with Crippen LogP contribution in [0.2, 0.25) is 5.02 Å². The van der Waals surface area contributed by atoms with E-state index in [0.29, 0.717) is 13.2 Å². The van der Waals surface area contributed by atoms with Gasteiger partial charge < -0.3 is 25.2 Å². The summed E-state index contributed by atoms with van der Waals surface area (Å²) in [5.74, 6) is 0.759. The molecule has 7 nitrogen and oxygen atoms in total. The maximum Gasteiger partial charge on any atom is 0.191 e. The molecule has 3 N–H and O–H groups in total. The molecule has 0 radical (unpaired) electrons. The topological polar surface area (TPSA) is 78.4 Å². The molecule has 2 fully saturated rings. The number of hydrogen-bond donors (Lipinski definition) is 3. The molecular weight excluding hydrogens is 392 g/mol. The van der Waals surface area contributed by atoms with Crippen molar-refractivity contribution in [1.29, 1.82) is 0 Å². The number of rotatable bonds is 8. The lowest BCUT2D eigenvalue weighted by atomic mass is 9.84. The third-order valence-electron chi connectivity index (χ3n) is 5.86. The summed E-state index contributed by atoms with van der Waals surface area (Å²) >= 11 is 6.25. The van der Waals surface area contributed by atoms with Gasteiger partial charge in [0.05, 0.1) is 25.9 Å². The van der Waals surface area contributed by atoms with E-state index in [-0.39, 0.29) is 18.1 Å². The Morgan fingerprint density at radius 1 is 1.28 bits per heavy atom. The van der Waals surface area contributed by atoms with Gasteiger partial charge in [-0.15, -0.1) is 0 Å². The van der Waals surface area contributed by atoms with Crippen LogP contribution in [-0.4, -0.2) is 82.2 Å². The van der Waals surface area contributed by atoms with Crippen molar-refractivity contribution < 1.29 is 14.6 Å². The molecule has 3 rings (SSSR count). The number of aliphatic hydroxyl groups is 1. The van der Waals surface area contributed by atoms with Crippen LogP contribution in [0.15, 0.2) is 29.3 Å². The first kappa shape index (κ1) is 22.3. The van der Waals surface area contributed by atoms with Crippen molar-refractivity contribution in [2.24, 2.45) is 10.4 Å². The minimum absolute atomic E-state index is 0.0249. The van der Waals surface area contributed by atoms with Gasteiger partial charge in [-0.3, -0.25) is 9.89 Å². The molecule has 2 heterocycles. The number of nitrogens with zero attached hydrogens (tertiary/aromatic N) is 2. The van der Waals surface area contributed by atoms with E-state index in [9.17, 15) is 5.11 Å². The first-order chi connectivity index (χ1) is 14.2. The molecule has 1 aromatic rings. The van der Waals surface area contributed by atoms with Gasteiger partial charge in [-0.05, 0) is 30.5 Å². The van der Waals surface area contributed by atoms with Crippen LogP contribution in [-0.2, 0) is 9.47 Å². The number of nitrogens with one attached hydrogen (secondary N) is 2. The summed E-state index contributed by atoms with van der Waals surface area (Å²) in [6, 6.07) is 8.23. The van der Waals surface area contributed by atoms with E-state index < -0.39 is 0 Å². The highest BCUT2D eigenvalue weighted by Crippen LogP contribution is 2.31. The molecule has 2 saturated heterocycles. The second-order valence-corrected chi connectivity index (χ2v) is 8.24. The molecule has 0 aliphatic carbocycles. The fraction of sp³-hybridized carbons (Fsp3) is 0.667. The van der Waals surface area contributed by atoms with Gasteiger partial charge in [-0.25, -0.2) is 0 Å². The number of hydrogen-bond acceptors (Lipinski definition) is 5. The van der Waals surface area contributed by atoms with E-state index >= 15 is 0 Å². The van der Waals surface area contributed by atoms with Gasteiger partial charge in [0.1, 0.15) is 0 Å². The zero-order chi connectivity index (χ0) is 20.5. The highest BCUT2D eigenvalue weighted by atomic mass is 35.5. The molecule has 0 spiro atoms. The van der Waals surface area contributed by atoms with E-state index in [1.54, 1.807) is 7.05 Å². The summed E-state index contributed by atoms with van der Waals surface area (Å²) < 4.78 is 11.1. The maximum atomic E-state index is 9.43. The lowest BCUT2D eigenvalue weighted by Crippen LogP contribution is -2.48. The average molecular weight is 425 g/mol. The van der Waals surface area contributed by atoms with Crippen LogP contribution in [0, 0.1) is 5.41 Å². The normalized spacial score (nSPS) is 24.4. The Kier molecular flexibility index (Phi) is 8.56. The van der Waals surface area contributed by atoms with Gasteiger partial charge >= 0.3 is 0 Å². The van der Waals surface area contributed by atoms with Crippen molar-refractivity contribution in [2.45, 2.75) is 18.9 Å². The van der Waals surface area contributed by atoms with Gasteiger partial charge in [-0.2, -0.15) is 0 Å². The summed E-state index contributed by atoms with van der Waals surface area (Å²) in [4.78, 5) is 6.81. The summed E-state index contributed by atoms with van der Waals surface area (Å²) in [6.45, 7) is 6.31. The highest BCUT2D eigenvalue weighted by Gasteiger charge is 2.34. The molecule has 162 valence electrons. The molecular formula is C21H33ClN4O3. The van der Waals surface area contributed by atoms with Crippen LogP contribution in [0.25, 0.3) is 0 Å². The Bertz CT molecular complexity index is 661. The third kappa shape index (κ3) is 6.30. The van der Waals surface area contributed by atoms with E-state index in [1.807, 2.05) is 18.2 Å². The molecule has 29 heavy (non-hydrogen) atoms. The molecule has 8 heteroatoms. The van der Waals surface area contributed by atoms with Crippen molar-refractivity contribution >= 4 is 17.6 Å². The highest BCUT2D eigenvalue weighted by molar-refractivity contribution is 6.30. The minimum atomic E-state index is -0.0249. The first-order valence-corrected chi connectivity index (χ1v) is 10.7. The molecule has 2 aliphatic rings. The zero-order valence-electron chi connectivity index (χ0n) is 17.2. The van der Waals surface area contributed by atoms with Crippen LogP contribution in [0.5, 0.6) is 0 Å². The molecule has 1 aromatic carbocycles. The van der Waals surface area contributed by atoms with Crippen molar-refractivity contribution in [3.63, 3.8) is 0 Å². The fourth-order valence-corrected chi connectivity index (χ4v) is 4.26. The molecule has 2 atom stereocenters. The van der Waals surface area contributed by atoms with Gasteiger partial charge in [0.15, 0.2) is 5.96 Å². The fourth-order valence-electron chi connectivity index (χ4n) is 4.06. The zero-order valence-corrected chi connectivity index (χ0v) is 18.0. The van der Waals surface area contributed by atoms with E-state index in [2.05, 4.69) is 26.6 Å². The summed E-state index contributed by atoms with van der Waals surface area (Å²) in [5.41, 5.74) is 1.16. The lowest BCUT2D eigenvalue weighted by Gasteiger charge is -2.35. The Labute approximate surface area is 178 Å². The Morgan fingerprint density at radius 3 is 2.76 bits per heavy atom. The summed E-state index contributed by atoms with van der Waals surface area (Å²) in [6.07, 6.45) is 1.69. The second kappa shape index (κ2) is 11.1. The Morgan fingerprint density at radius 2 is 2.10 bits per heavy atom. The van der Waals surface area contributed by atoms with Gasteiger partial charge in [0, 0.05) is 56.9 Å². The van der Waals surface area contributed by atoms with Gasteiger partial charge in [0.2, 0.25) is 0 Å².